The van der Waals surface area contributed by atoms with Gasteiger partial charge in [-0.15, -0.1) is 0 Å². The molecule has 1 saturated carbocycles. The molecule has 0 aromatic heterocycles. The van der Waals surface area contributed by atoms with Crippen molar-refractivity contribution in [1.82, 2.24) is 0 Å². The van der Waals surface area contributed by atoms with E-state index in [4.69, 9.17) is 10.5 Å². The molecule has 1 aliphatic rings. The SMILES string of the molecule is CC(F)(F)C1(c2ccc(Oc3ccc(C(N)=O)cc3)c(F)c2)CC1. The molecule has 0 aliphatic heterocycles. The first-order valence-electron chi connectivity index (χ1n) is 7.48. The van der Waals surface area contributed by atoms with Gasteiger partial charge in [0.2, 0.25) is 5.91 Å². The first-order valence-corrected chi connectivity index (χ1v) is 7.48. The van der Waals surface area contributed by atoms with Crippen molar-refractivity contribution in [3.05, 3.63) is 59.4 Å². The summed E-state index contributed by atoms with van der Waals surface area (Å²) in [5.74, 6) is -3.93. The predicted molar refractivity (Wildman–Crippen MR) is 83.0 cm³/mol. The maximum Gasteiger partial charge on any atom is 0.254 e. The van der Waals surface area contributed by atoms with Crippen LogP contribution in [0.25, 0.3) is 0 Å². The number of hydrogen-bond acceptors (Lipinski definition) is 2. The molecule has 3 rings (SSSR count). The zero-order chi connectivity index (χ0) is 17.5. The summed E-state index contributed by atoms with van der Waals surface area (Å²) >= 11 is 0. The number of nitrogens with two attached hydrogens (primary N) is 1. The van der Waals surface area contributed by atoms with Crippen LogP contribution in [0.1, 0.15) is 35.7 Å². The molecule has 0 unspecified atom stereocenters. The van der Waals surface area contributed by atoms with Crippen LogP contribution in [0, 0.1) is 5.82 Å². The number of alkyl halides is 2. The van der Waals surface area contributed by atoms with E-state index < -0.39 is 23.1 Å². The highest BCUT2D eigenvalue weighted by Crippen LogP contribution is 2.58. The van der Waals surface area contributed by atoms with Gasteiger partial charge in [0.25, 0.3) is 5.92 Å². The lowest BCUT2D eigenvalue weighted by molar-refractivity contribution is -0.0200. The molecule has 0 radical (unpaired) electrons. The highest BCUT2D eigenvalue weighted by molar-refractivity contribution is 5.92. The van der Waals surface area contributed by atoms with Crippen LogP contribution < -0.4 is 10.5 Å². The molecule has 1 aliphatic carbocycles. The van der Waals surface area contributed by atoms with Crippen molar-refractivity contribution in [2.24, 2.45) is 5.73 Å². The van der Waals surface area contributed by atoms with Gasteiger partial charge in [-0.1, -0.05) is 6.07 Å². The molecule has 0 saturated heterocycles. The van der Waals surface area contributed by atoms with Crippen LogP contribution in [0.3, 0.4) is 0 Å². The lowest BCUT2D eigenvalue weighted by Gasteiger charge is -2.23. The molecule has 2 aromatic carbocycles. The van der Waals surface area contributed by atoms with E-state index >= 15 is 0 Å². The van der Waals surface area contributed by atoms with Gasteiger partial charge in [-0.3, -0.25) is 4.79 Å². The molecule has 1 amide bonds. The monoisotopic (exact) mass is 335 g/mol. The van der Waals surface area contributed by atoms with E-state index in [1.807, 2.05) is 0 Å². The third kappa shape index (κ3) is 2.84. The van der Waals surface area contributed by atoms with Crippen molar-refractivity contribution in [3.8, 4) is 11.5 Å². The summed E-state index contributed by atoms with van der Waals surface area (Å²) in [5.41, 5.74) is 4.46. The lowest BCUT2D eigenvalue weighted by Crippen LogP contribution is -2.30. The Labute approximate surface area is 137 Å². The molecule has 24 heavy (non-hydrogen) atoms. The van der Waals surface area contributed by atoms with Gasteiger partial charge in [0, 0.05) is 12.5 Å². The normalized spacial score (nSPS) is 15.8. The van der Waals surface area contributed by atoms with Crippen LogP contribution in [0.5, 0.6) is 11.5 Å². The Bertz CT molecular complexity index is 778. The molecule has 2 N–H and O–H groups in total. The number of carbonyl (C=O) groups excluding carboxylic acids is 1. The lowest BCUT2D eigenvalue weighted by atomic mass is 9.90. The number of carbonyl (C=O) groups is 1. The molecule has 0 spiro atoms. The van der Waals surface area contributed by atoms with Gasteiger partial charge in [0.1, 0.15) is 5.75 Å². The fourth-order valence-electron chi connectivity index (χ4n) is 2.80. The number of hydrogen-bond donors (Lipinski definition) is 1. The van der Waals surface area contributed by atoms with Gasteiger partial charge in [0.05, 0.1) is 5.41 Å². The first kappa shape index (κ1) is 16.4. The maximum absolute atomic E-state index is 14.2. The molecule has 0 bridgehead atoms. The fourth-order valence-corrected chi connectivity index (χ4v) is 2.80. The maximum atomic E-state index is 14.2. The molecular weight excluding hydrogens is 319 g/mol. The van der Waals surface area contributed by atoms with Crippen molar-refractivity contribution >= 4 is 5.91 Å². The van der Waals surface area contributed by atoms with Crippen molar-refractivity contribution in [2.75, 3.05) is 0 Å². The quantitative estimate of drug-likeness (QED) is 0.880. The Hall–Kier alpha value is -2.50. The molecule has 0 heterocycles. The summed E-state index contributed by atoms with van der Waals surface area (Å²) in [7, 11) is 0. The molecule has 1 fully saturated rings. The molecule has 3 nitrogen and oxygen atoms in total. The Balaban J connectivity index is 1.82. The minimum absolute atomic E-state index is 0.0687. The van der Waals surface area contributed by atoms with Crippen molar-refractivity contribution in [1.29, 1.82) is 0 Å². The van der Waals surface area contributed by atoms with E-state index in [1.54, 1.807) is 0 Å². The summed E-state index contributed by atoms with van der Waals surface area (Å²) in [6.07, 6.45) is 0.676. The highest BCUT2D eigenvalue weighted by atomic mass is 19.3. The summed E-state index contributed by atoms with van der Waals surface area (Å²) in [4.78, 5) is 11.0. The standard InChI is InChI=1S/C18H16F3NO2/c1-17(20,21)18(8-9-18)12-4-7-15(14(19)10-12)24-13-5-2-11(3-6-13)16(22)23/h2-7,10H,8-9H2,1H3,(H2,22,23). The summed E-state index contributed by atoms with van der Waals surface area (Å²) in [5, 5.41) is 0. The summed E-state index contributed by atoms with van der Waals surface area (Å²) in [6, 6.07) is 9.81. The van der Waals surface area contributed by atoms with Crippen LogP contribution in [0.4, 0.5) is 13.2 Å². The average Bonchev–Trinajstić information content (AvgIpc) is 3.31. The Morgan fingerprint density at radius 1 is 1.17 bits per heavy atom. The van der Waals surface area contributed by atoms with Crippen LogP contribution in [0.2, 0.25) is 0 Å². The Morgan fingerprint density at radius 2 is 1.79 bits per heavy atom. The molecular formula is C18H16F3NO2. The number of rotatable bonds is 5. The number of amides is 1. The van der Waals surface area contributed by atoms with Crippen molar-refractivity contribution < 1.29 is 22.7 Å². The van der Waals surface area contributed by atoms with E-state index in [2.05, 4.69) is 0 Å². The topological polar surface area (TPSA) is 52.3 Å². The minimum atomic E-state index is -2.90. The summed E-state index contributed by atoms with van der Waals surface area (Å²) in [6.45, 7) is 0.864. The van der Waals surface area contributed by atoms with Crippen LogP contribution in [0.15, 0.2) is 42.5 Å². The minimum Gasteiger partial charge on any atom is -0.454 e. The van der Waals surface area contributed by atoms with Crippen molar-refractivity contribution in [3.63, 3.8) is 0 Å². The van der Waals surface area contributed by atoms with Crippen LogP contribution >= 0.6 is 0 Å². The zero-order valence-corrected chi connectivity index (χ0v) is 13.0. The van der Waals surface area contributed by atoms with Gasteiger partial charge in [-0.2, -0.15) is 0 Å². The van der Waals surface area contributed by atoms with Gasteiger partial charge in [-0.25, -0.2) is 13.2 Å². The largest absolute Gasteiger partial charge is 0.454 e. The smallest absolute Gasteiger partial charge is 0.254 e. The first-order chi connectivity index (χ1) is 11.2. The Morgan fingerprint density at radius 3 is 2.25 bits per heavy atom. The van der Waals surface area contributed by atoms with E-state index in [1.165, 1.54) is 36.4 Å². The second kappa shape index (κ2) is 5.54. The van der Waals surface area contributed by atoms with Gasteiger partial charge in [-0.05, 0) is 54.8 Å². The fraction of sp³-hybridized carbons (Fsp3) is 0.278. The van der Waals surface area contributed by atoms with E-state index in [0.29, 0.717) is 24.2 Å². The molecule has 126 valence electrons. The average molecular weight is 335 g/mol. The van der Waals surface area contributed by atoms with E-state index in [0.717, 1.165) is 13.0 Å². The summed E-state index contributed by atoms with van der Waals surface area (Å²) < 4.78 is 47.1. The number of primary amides is 1. The van der Waals surface area contributed by atoms with Gasteiger partial charge < -0.3 is 10.5 Å². The number of ether oxygens (including phenoxy) is 1. The van der Waals surface area contributed by atoms with Crippen molar-refractivity contribution in [2.45, 2.75) is 31.1 Å². The van der Waals surface area contributed by atoms with Crippen LogP contribution in [-0.4, -0.2) is 11.8 Å². The van der Waals surface area contributed by atoms with E-state index in [9.17, 15) is 18.0 Å². The van der Waals surface area contributed by atoms with Gasteiger partial charge in [0.15, 0.2) is 11.6 Å². The highest BCUT2D eigenvalue weighted by Gasteiger charge is 2.60. The number of benzene rings is 2. The van der Waals surface area contributed by atoms with Gasteiger partial charge >= 0.3 is 0 Å². The zero-order valence-electron chi connectivity index (χ0n) is 13.0. The van der Waals surface area contributed by atoms with Crippen LogP contribution in [-0.2, 0) is 5.41 Å². The number of halogens is 3. The Kier molecular flexibility index (Phi) is 3.78. The molecule has 2 aromatic rings. The van der Waals surface area contributed by atoms with E-state index in [-0.39, 0.29) is 11.3 Å². The molecule has 0 atom stereocenters. The third-order valence-electron chi connectivity index (χ3n) is 4.44. The predicted octanol–water partition coefficient (Wildman–Crippen LogP) is 4.40. The second-order valence-corrected chi connectivity index (χ2v) is 6.11. The molecule has 6 heteroatoms. The second-order valence-electron chi connectivity index (χ2n) is 6.11. The third-order valence-corrected chi connectivity index (χ3v) is 4.44.